The van der Waals surface area contributed by atoms with Gasteiger partial charge in [0, 0.05) is 11.6 Å². The second kappa shape index (κ2) is 9.45. The molecule has 0 aromatic heterocycles. The van der Waals surface area contributed by atoms with Gasteiger partial charge in [-0.25, -0.2) is 8.42 Å². The molecule has 7 heteroatoms. The number of benzene rings is 3. The largest absolute Gasteiger partial charge is 0.480 e. The second-order valence-corrected chi connectivity index (χ2v) is 10.4. The van der Waals surface area contributed by atoms with E-state index >= 15 is 0 Å². The minimum Gasteiger partial charge on any atom is -0.480 e. The maximum absolute atomic E-state index is 13.6. The minimum absolute atomic E-state index is 0.0928. The highest BCUT2D eigenvalue weighted by Crippen LogP contribution is 2.34. The van der Waals surface area contributed by atoms with E-state index in [0.717, 1.165) is 29.5 Å². The van der Waals surface area contributed by atoms with Gasteiger partial charge in [0.05, 0.1) is 4.90 Å². The number of aliphatic carboxylic acids is 1. The molecule has 0 bridgehead atoms. The number of hydrogen-bond acceptors (Lipinski definition) is 3. The van der Waals surface area contributed by atoms with E-state index in [4.69, 9.17) is 11.6 Å². The Kier molecular flexibility index (Phi) is 6.65. The predicted molar refractivity (Wildman–Crippen MR) is 125 cm³/mol. The standard InChI is InChI=1S/C25H24ClNO4S/c26-22-12-8-20(9-13-22)21-10-14-23(15-11-21)32(30,31)27(17-19-6-7-19)24(25(28)29)16-18-4-2-1-3-5-18/h1-5,8-15,19,24H,6-7,16-17H2,(H,28,29)/t24-/m1/s1. The molecule has 1 N–H and O–H groups in total. The van der Waals surface area contributed by atoms with Crippen LogP contribution in [0.5, 0.6) is 0 Å². The van der Waals surface area contributed by atoms with Crippen LogP contribution in [0.15, 0.2) is 83.8 Å². The average Bonchev–Trinajstić information content (AvgIpc) is 3.61. The van der Waals surface area contributed by atoms with Gasteiger partial charge in [-0.1, -0.05) is 66.2 Å². The fourth-order valence-electron chi connectivity index (χ4n) is 3.69. The highest BCUT2D eigenvalue weighted by Gasteiger charge is 2.39. The number of carbonyl (C=O) groups is 1. The van der Waals surface area contributed by atoms with Crippen molar-refractivity contribution in [3.8, 4) is 11.1 Å². The van der Waals surface area contributed by atoms with Gasteiger partial charge < -0.3 is 5.11 Å². The molecule has 1 aliphatic rings. The monoisotopic (exact) mass is 469 g/mol. The zero-order valence-electron chi connectivity index (χ0n) is 17.4. The maximum Gasteiger partial charge on any atom is 0.322 e. The quantitative estimate of drug-likeness (QED) is 0.473. The van der Waals surface area contributed by atoms with E-state index in [2.05, 4.69) is 0 Å². The Morgan fingerprint density at radius 3 is 2.03 bits per heavy atom. The molecular weight excluding hydrogens is 446 g/mol. The smallest absolute Gasteiger partial charge is 0.322 e. The molecule has 0 radical (unpaired) electrons. The van der Waals surface area contributed by atoms with Crippen molar-refractivity contribution in [2.45, 2.75) is 30.2 Å². The first-order valence-electron chi connectivity index (χ1n) is 10.5. The summed E-state index contributed by atoms with van der Waals surface area (Å²) in [5, 5.41) is 10.6. The van der Waals surface area contributed by atoms with Crippen molar-refractivity contribution in [3.63, 3.8) is 0 Å². The van der Waals surface area contributed by atoms with E-state index in [1.165, 1.54) is 4.31 Å². The molecular formula is C25H24ClNO4S. The van der Waals surface area contributed by atoms with Crippen molar-refractivity contribution < 1.29 is 18.3 Å². The summed E-state index contributed by atoms with van der Waals surface area (Å²) in [7, 11) is -3.99. The highest BCUT2D eigenvalue weighted by atomic mass is 35.5. The Labute approximate surface area is 193 Å². The zero-order valence-corrected chi connectivity index (χ0v) is 19.0. The molecule has 0 heterocycles. The summed E-state index contributed by atoms with van der Waals surface area (Å²) >= 11 is 5.95. The van der Waals surface area contributed by atoms with Gasteiger partial charge in [-0.3, -0.25) is 4.79 Å². The van der Waals surface area contributed by atoms with Crippen molar-refractivity contribution in [2.75, 3.05) is 6.54 Å². The van der Waals surface area contributed by atoms with E-state index in [1.807, 2.05) is 42.5 Å². The summed E-state index contributed by atoms with van der Waals surface area (Å²) < 4.78 is 28.3. The van der Waals surface area contributed by atoms with E-state index in [9.17, 15) is 18.3 Å². The van der Waals surface area contributed by atoms with E-state index in [0.29, 0.717) is 5.02 Å². The zero-order chi connectivity index (χ0) is 22.7. The van der Waals surface area contributed by atoms with Gasteiger partial charge in [0.1, 0.15) is 6.04 Å². The van der Waals surface area contributed by atoms with E-state index in [-0.39, 0.29) is 23.8 Å². The molecule has 3 aromatic carbocycles. The molecule has 0 saturated heterocycles. The van der Waals surface area contributed by atoms with Crippen LogP contribution in [-0.2, 0) is 21.2 Å². The summed E-state index contributed by atoms with van der Waals surface area (Å²) in [5.74, 6) is -0.938. The predicted octanol–water partition coefficient (Wildman–Crippen LogP) is 5.10. The molecule has 32 heavy (non-hydrogen) atoms. The molecule has 0 spiro atoms. The van der Waals surface area contributed by atoms with Crippen LogP contribution in [-0.4, -0.2) is 36.4 Å². The van der Waals surface area contributed by atoms with Crippen LogP contribution in [0.3, 0.4) is 0 Å². The Bertz CT molecular complexity index is 1170. The van der Waals surface area contributed by atoms with Crippen molar-refractivity contribution in [3.05, 3.63) is 89.4 Å². The van der Waals surface area contributed by atoms with Gasteiger partial charge in [0.15, 0.2) is 0 Å². The summed E-state index contributed by atoms with van der Waals surface area (Å²) in [5.41, 5.74) is 2.56. The number of hydrogen-bond donors (Lipinski definition) is 1. The van der Waals surface area contributed by atoms with Crippen LogP contribution in [0.25, 0.3) is 11.1 Å². The van der Waals surface area contributed by atoms with Gasteiger partial charge in [0.2, 0.25) is 10.0 Å². The Hall–Kier alpha value is -2.67. The molecule has 4 rings (SSSR count). The molecule has 1 fully saturated rings. The number of halogens is 1. The number of rotatable bonds is 9. The lowest BCUT2D eigenvalue weighted by atomic mass is 10.1. The first kappa shape index (κ1) is 22.5. The summed E-state index contributed by atoms with van der Waals surface area (Å²) in [6.07, 6.45) is 1.95. The van der Waals surface area contributed by atoms with Crippen molar-refractivity contribution >= 4 is 27.6 Å². The molecule has 1 saturated carbocycles. The number of nitrogens with zero attached hydrogens (tertiary/aromatic N) is 1. The van der Waals surface area contributed by atoms with Gasteiger partial charge in [-0.05, 0) is 66.1 Å². The van der Waals surface area contributed by atoms with Crippen molar-refractivity contribution in [2.24, 2.45) is 5.92 Å². The summed E-state index contributed by atoms with van der Waals surface area (Å²) in [6, 6.07) is 21.8. The van der Waals surface area contributed by atoms with Gasteiger partial charge >= 0.3 is 5.97 Å². The Morgan fingerprint density at radius 1 is 0.938 bits per heavy atom. The topological polar surface area (TPSA) is 74.7 Å². The number of carboxylic acids is 1. The molecule has 5 nitrogen and oxygen atoms in total. The third-order valence-corrected chi connectivity index (χ3v) is 7.82. The lowest BCUT2D eigenvalue weighted by molar-refractivity contribution is -0.141. The molecule has 166 valence electrons. The molecule has 1 aliphatic carbocycles. The van der Waals surface area contributed by atoms with Crippen LogP contribution in [0.1, 0.15) is 18.4 Å². The minimum atomic E-state index is -3.99. The van der Waals surface area contributed by atoms with Crippen LogP contribution >= 0.6 is 11.6 Å². The SMILES string of the molecule is O=C(O)[C@@H](Cc1ccccc1)N(CC1CC1)S(=O)(=O)c1ccc(-c2ccc(Cl)cc2)cc1. The fraction of sp³-hybridized carbons (Fsp3) is 0.240. The number of sulfonamides is 1. The van der Waals surface area contributed by atoms with Crippen LogP contribution in [0.2, 0.25) is 5.02 Å². The lowest BCUT2D eigenvalue weighted by Gasteiger charge is -2.28. The van der Waals surface area contributed by atoms with Crippen LogP contribution in [0, 0.1) is 5.92 Å². The summed E-state index contributed by atoms with van der Waals surface area (Å²) in [6.45, 7) is 0.213. The molecule has 0 amide bonds. The molecule has 1 atom stereocenters. The van der Waals surface area contributed by atoms with E-state index < -0.39 is 22.0 Å². The average molecular weight is 470 g/mol. The third kappa shape index (κ3) is 5.21. The molecule has 0 unspecified atom stereocenters. The summed E-state index contributed by atoms with van der Waals surface area (Å²) in [4.78, 5) is 12.3. The number of carboxylic acid groups (broad SMARTS) is 1. The second-order valence-electron chi connectivity index (χ2n) is 8.09. The van der Waals surface area contributed by atoms with Crippen LogP contribution in [0.4, 0.5) is 0 Å². The highest BCUT2D eigenvalue weighted by molar-refractivity contribution is 7.89. The third-order valence-electron chi connectivity index (χ3n) is 5.68. The van der Waals surface area contributed by atoms with Crippen molar-refractivity contribution in [1.29, 1.82) is 0 Å². The van der Waals surface area contributed by atoms with E-state index in [1.54, 1.807) is 36.4 Å². The lowest BCUT2D eigenvalue weighted by Crippen LogP contribution is -2.47. The van der Waals surface area contributed by atoms with Gasteiger partial charge in [-0.15, -0.1) is 0 Å². The Balaban J connectivity index is 1.65. The Morgan fingerprint density at radius 2 is 1.50 bits per heavy atom. The first-order valence-corrected chi connectivity index (χ1v) is 12.3. The fourth-order valence-corrected chi connectivity index (χ4v) is 5.48. The van der Waals surface area contributed by atoms with Crippen molar-refractivity contribution in [1.82, 2.24) is 4.31 Å². The van der Waals surface area contributed by atoms with Crippen LogP contribution < -0.4 is 0 Å². The normalized spacial score (nSPS) is 14.9. The maximum atomic E-state index is 13.6. The molecule has 3 aromatic rings. The van der Waals surface area contributed by atoms with Gasteiger partial charge in [-0.2, -0.15) is 4.31 Å². The molecule has 0 aliphatic heterocycles. The first-order chi connectivity index (χ1) is 15.3. The van der Waals surface area contributed by atoms with Gasteiger partial charge in [0.25, 0.3) is 0 Å².